The molecule has 0 fully saturated rings. The van der Waals surface area contributed by atoms with Crippen LogP contribution in [0.1, 0.15) is 22.9 Å². The van der Waals surface area contributed by atoms with Gasteiger partial charge in [0.2, 0.25) is 0 Å². The maximum absolute atomic E-state index is 4.89. The molecular weight excluding hydrogens is 428 g/mol. The van der Waals surface area contributed by atoms with Crippen molar-refractivity contribution in [2.75, 3.05) is 0 Å². The average Bonchev–Trinajstić information content (AvgIpc) is 3.28. The van der Waals surface area contributed by atoms with Crippen molar-refractivity contribution < 1.29 is 0 Å². The molecule has 1 aliphatic heterocycles. The molecule has 5 rings (SSSR count). The lowest BCUT2D eigenvalue weighted by atomic mass is 10.1. The van der Waals surface area contributed by atoms with Crippen molar-refractivity contribution in [1.82, 2.24) is 28.9 Å². The molecule has 1 aromatic carbocycles. The van der Waals surface area contributed by atoms with Gasteiger partial charge in [0.1, 0.15) is 0 Å². The Bertz CT molecular complexity index is 1140. The minimum atomic E-state index is 0. The van der Waals surface area contributed by atoms with E-state index in [-0.39, 0.29) is 12.4 Å². The summed E-state index contributed by atoms with van der Waals surface area (Å²) in [6.45, 7) is 2.70. The van der Waals surface area contributed by atoms with Crippen LogP contribution in [0, 0.1) is 6.92 Å². The predicted octanol–water partition coefficient (Wildman–Crippen LogP) is 3.91. The fraction of sp³-hybridized carbons (Fsp3) is 0.211. The van der Waals surface area contributed by atoms with E-state index in [0.29, 0.717) is 13.0 Å². The summed E-state index contributed by atoms with van der Waals surface area (Å²) in [5.74, 6) is 1.73. The topological polar surface area (TPSA) is 53.5 Å². The zero-order valence-corrected chi connectivity index (χ0v) is 17.3. The van der Waals surface area contributed by atoms with Crippen LogP contribution in [-0.2, 0) is 20.0 Å². The van der Waals surface area contributed by atoms with Crippen molar-refractivity contribution >= 4 is 28.3 Å². The Labute approximate surface area is 171 Å². The molecule has 0 atom stereocenters. The Balaban J connectivity index is 0.00000180. The van der Waals surface area contributed by atoms with Crippen LogP contribution in [0.15, 0.2) is 47.3 Å². The van der Waals surface area contributed by atoms with Gasteiger partial charge in [-0.2, -0.15) is 5.10 Å². The quantitative estimate of drug-likeness (QED) is 0.414. The Morgan fingerprint density at radius 2 is 2.07 bits per heavy atom. The normalized spacial score (nSPS) is 12.0. The van der Waals surface area contributed by atoms with E-state index in [1.807, 2.05) is 37.2 Å². The van der Waals surface area contributed by atoms with E-state index in [2.05, 4.69) is 54.3 Å². The number of aromatic nitrogens is 6. The van der Waals surface area contributed by atoms with Crippen molar-refractivity contribution in [3.8, 4) is 17.1 Å². The summed E-state index contributed by atoms with van der Waals surface area (Å²) in [4.78, 5) is 9.39. The van der Waals surface area contributed by atoms with E-state index in [4.69, 9.17) is 10.1 Å². The molecule has 0 unspecified atom stereocenters. The number of imidazole rings is 1. The zero-order valence-electron chi connectivity index (χ0n) is 14.9. The Hall–Kier alpha value is -2.38. The van der Waals surface area contributed by atoms with Gasteiger partial charge < -0.3 is 9.13 Å². The number of aryl methyl sites for hydroxylation is 2. The average molecular weight is 446 g/mol. The smallest absolute Gasteiger partial charge is 0.160 e. The summed E-state index contributed by atoms with van der Waals surface area (Å²) in [5, 5.41) is 4.81. The number of nitrogens with zero attached hydrogens (tertiary/aromatic N) is 6. The highest BCUT2D eigenvalue weighted by molar-refractivity contribution is 9.10. The highest BCUT2D eigenvalue weighted by atomic mass is 79.9. The van der Waals surface area contributed by atoms with E-state index < -0.39 is 0 Å². The predicted molar refractivity (Wildman–Crippen MR) is 110 cm³/mol. The number of fused-ring (bicyclic) bond motifs is 5. The Kier molecular flexibility index (Phi) is 4.44. The van der Waals surface area contributed by atoms with Gasteiger partial charge in [0, 0.05) is 35.4 Å². The first-order valence-electron chi connectivity index (χ1n) is 8.47. The second kappa shape index (κ2) is 6.65. The highest BCUT2D eigenvalue weighted by Gasteiger charge is 2.24. The first-order valence-corrected chi connectivity index (χ1v) is 9.26. The molecule has 0 bridgehead atoms. The van der Waals surface area contributed by atoms with E-state index in [0.717, 1.165) is 38.8 Å². The van der Waals surface area contributed by atoms with E-state index in [1.165, 1.54) is 5.69 Å². The summed E-state index contributed by atoms with van der Waals surface area (Å²) in [6.07, 6.45) is 4.64. The van der Waals surface area contributed by atoms with Crippen LogP contribution in [0.2, 0.25) is 0 Å². The van der Waals surface area contributed by atoms with Crippen LogP contribution in [-0.4, -0.2) is 28.9 Å². The van der Waals surface area contributed by atoms with Crippen LogP contribution >= 0.6 is 28.3 Å². The van der Waals surface area contributed by atoms with Crippen molar-refractivity contribution in [2.45, 2.75) is 19.9 Å². The third-order valence-corrected chi connectivity index (χ3v) is 5.43. The summed E-state index contributed by atoms with van der Waals surface area (Å²) in [7, 11) is 2.05. The van der Waals surface area contributed by atoms with Crippen LogP contribution in [0.25, 0.3) is 17.1 Å². The summed E-state index contributed by atoms with van der Waals surface area (Å²) >= 11 is 3.59. The molecule has 3 aromatic heterocycles. The lowest BCUT2D eigenvalue weighted by Crippen LogP contribution is -2.06. The summed E-state index contributed by atoms with van der Waals surface area (Å²) in [6, 6.07) is 10.4. The number of hydrogen-bond donors (Lipinski definition) is 0. The van der Waals surface area contributed by atoms with Crippen molar-refractivity contribution in [3.63, 3.8) is 0 Å². The Morgan fingerprint density at radius 1 is 1.22 bits per heavy atom. The lowest BCUT2D eigenvalue weighted by Gasteiger charge is -2.08. The molecule has 0 amide bonds. The first kappa shape index (κ1) is 18.0. The van der Waals surface area contributed by atoms with Gasteiger partial charge in [0.25, 0.3) is 0 Å². The van der Waals surface area contributed by atoms with Crippen molar-refractivity contribution in [1.29, 1.82) is 0 Å². The second-order valence-corrected chi connectivity index (χ2v) is 7.52. The molecule has 0 N–H and O–H groups in total. The Morgan fingerprint density at radius 3 is 2.85 bits per heavy atom. The monoisotopic (exact) mass is 444 g/mol. The molecular formula is C19H18BrClN6. The van der Waals surface area contributed by atoms with E-state index in [9.17, 15) is 0 Å². The maximum atomic E-state index is 4.89. The summed E-state index contributed by atoms with van der Waals surface area (Å²) in [5.41, 5.74) is 5.50. The number of halogens is 2. The highest BCUT2D eigenvalue weighted by Crippen LogP contribution is 2.33. The number of benzene rings is 1. The SMILES string of the molecule is Cc1ncn2c1Cn1nc(Cc3cccn3C)nc1-c1cc(Br)ccc1-2.Cl. The molecule has 27 heavy (non-hydrogen) atoms. The van der Waals surface area contributed by atoms with E-state index >= 15 is 0 Å². The van der Waals surface area contributed by atoms with Crippen molar-refractivity contribution in [2.24, 2.45) is 7.05 Å². The molecule has 0 spiro atoms. The van der Waals surface area contributed by atoms with Gasteiger partial charge in [-0.1, -0.05) is 15.9 Å². The molecule has 8 heteroatoms. The van der Waals surface area contributed by atoms with Gasteiger partial charge in [-0.15, -0.1) is 12.4 Å². The van der Waals surface area contributed by atoms with Gasteiger partial charge >= 0.3 is 0 Å². The molecule has 0 radical (unpaired) electrons. The fourth-order valence-corrected chi connectivity index (χ4v) is 3.88. The molecule has 138 valence electrons. The number of hydrogen-bond acceptors (Lipinski definition) is 3. The molecule has 4 aromatic rings. The third-order valence-electron chi connectivity index (χ3n) is 4.94. The zero-order chi connectivity index (χ0) is 17.8. The maximum Gasteiger partial charge on any atom is 0.160 e. The molecule has 4 heterocycles. The van der Waals surface area contributed by atoms with Crippen LogP contribution in [0.3, 0.4) is 0 Å². The molecule has 0 saturated heterocycles. The van der Waals surface area contributed by atoms with Gasteiger partial charge in [0.15, 0.2) is 11.6 Å². The minimum absolute atomic E-state index is 0. The second-order valence-electron chi connectivity index (χ2n) is 6.60. The molecule has 6 nitrogen and oxygen atoms in total. The minimum Gasteiger partial charge on any atom is -0.354 e. The largest absolute Gasteiger partial charge is 0.354 e. The van der Waals surface area contributed by atoms with Crippen LogP contribution in [0.4, 0.5) is 0 Å². The third kappa shape index (κ3) is 2.91. The van der Waals surface area contributed by atoms with Crippen LogP contribution < -0.4 is 0 Å². The van der Waals surface area contributed by atoms with Gasteiger partial charge in [0.05, 0.1) is 29.9 Å². The van der Waals surface area contributed by atoms with Crippen LogP contribution in [0.5, 0.6) is 0 Å². The van der Waals surface area contributed by atoms with Gasteiger partial charge in [-0.05, 0) is 37.3 Å². The standard InChI is InChI=1S/C19H17BrN6.ClH/c1-12-17-10-26-19(22-18(23-26)9-14-4-3-7-24(14)2)15-8-13(20)5-6-16(15)25(17)11-21-12;/h3-8,11H,9-10H2,1-2H3;1H. The number of rotatable bonds is 2. The van der Waals surface area contributed by atoms with Gasteiger partial charge in [-0.25, -0.2) is 14.6 Å². The summed E-state index contributed by atoms with van der Waals surface area (Å²) < 4.78 is 7.27. The van der Waals surface area contributed by atoms with E-state index in [1.54, 1.807) is 0 Å². The fourth-order valence-electron chi connectivity index (χ4n) is 3.52. The molecule has 1 aliphatic rings. The first-order chi connectivity index (χ1) is 12.6. The molecule has 0 saturated carbocycles. The lowest BCUT2D eigenvalue weighted by molar-refractivity contribution is 0.662. The van der Waals surface area contributed by atoms with Gasteiger partial charge in [-0.3, -0.25) is 0 Å². The van der Waals surface area contributed by atoms with Crippen molar-refractivity contribution in [3.05, 3.63) is 70.2 Å². The molecule has 0 aliphatic carbocycles.